The maximum atomic E-state index is 11.7. The van der Waals surface area contributed by atoms with Crippen molar-refractivity contribution in [1.82, 2.24) is 9.80 Å². The first-order valence-corrected chi connectivity index (χ1v) is 5.35. The number of nitrogens with zero attached hydrogens (tertiary/aromatic N) is 3. The largest absolute Gasteiger partial charge is 0.409 e. The highest BCUT2D eigenvalue weighted by Crippen LogP contribution is 2.31. The second-order valence-electron chi connectivity index (χ2n) is 4.71. The Bertz CT molecular complexity index is 293. The van der Waals surface area contributed by atoms with Crippen LogP contribution in [-0.2, 0) is 0 Å². The highest BCUT2D eigenvalue weighted by Gasteiger charge is 2.35. The van der Waals surface area contributed by atoms with Crippen molar-refractivity contribution in [1.29, 1.82) is 0 Å². The minimum Gasteiger partial charge on any atom is -0.409 e. The van der Waals surface area contributed by atoms with Crippen LogP contribution in [0.15, 0.2) is 5.16 Å². The third-order valence-electron chi connectivity index (χ3n) is 3.25. The molecule has 0 unspecified atom stereocenters. The Balaban J connectivity index is 2.61. The SMILES string of the molecule is CN(C)C(=O)N1CCC(C)(C(N)=NO)CC1. The molecule has 1 rings (SSSR count). The van der Waals surface area contributed by atoms with Crippen LogP contribution in [0.3, 0.4) is 0 Å². The fourth-order valence-corrected chi connectivity index (χ4v) is 1.85. The standard InChI is InChI=1S/C10H20N4O2/c1-10(8(11)12-16)4-6-14(7-5-10)9(15)13(2)3/h16H,4-7H2,1-3H3,(H2,11,12). The number of hydrogen-bond donors (Lipinski definition) is 2. The van der Waals surface area contributed by atoms with Gasteiger partial charge in [0, 0.05) is 32.6 Å². The van der Waals surface area contributed by atoms with Crippen molar-refractivity contribution in [3.63, 3.8) is 0 Å². The van der Waals surface area contributed by atoms with Crippen LogP contribution in [0.25, 0.3) is 0 Å². The number of carbonyl (C=O) groups excluding carboxylic acids is 1. The summed E-state index contributed by atoms with van der Waals surface area (Å²) in [6.07, 6.45) is 1.45. The Kier molecular flexibility index (Phi) is 3.62. The molecule has 0 saturated carbocycles. The molecule has 3 N–H and O–H groups in total. The van der Waals surface area contributed by atoms with Gasteiger partial charge >= 0.3 is 6.03 Å². The molecular formula is C10H20N4O2. The summed E-state index contributed by atoms with van der Waals surface area (Å²) in [6, 6.07) is 0.0153. The molecule has 1 heterocycles. The van der Waals surface area contributed by atoms with Crippen LogP contribution >= 0.6 is 0 Å². The second-order valence-corrected chi connectivity index (χ2v) is 4.71. The van der Waals surface area contributed by atoms with Crippen molar-refractivity contribution in [2.45, 2.75) is 19.8 Å². The van der Waals surface area contributed by atoms with Gasteiger partial charge in [-0.05, 0) is 12.8 Å². The fourth-order valence-electron chi connectivity index (χ4n) is 1.85. The van der Waals surface area contributed by atoms with E-state index in [9.17, 15) is 4.79 Å². The molecule has 6 nitrogen and oxygen atoms in total. The third kappa shape index (κ3) is 2.37. The van der Waals surface area contributed by atoms with Gasteiger partial charge in [0.25, 0.3) is 0 Å². The molecule has 0 aromatic rings. The molecule has 0 atom stereocenters. The number of carbonyl (C=O) groups is 1. The summed E-state index contributed by atoms with van der Waals surface area (Å²) in [5, 5.41) is 11.8. The van der Waals surface area contributed by atoms with E-state index in [1.54, 1.807) is 23.9 Å². The zero-order valence-electron chi connectivity index (χ0n) is 10.1. The molecule has 16 heavy (non-hydrogen) atoms. The lowest BCUT2D eigenvalue weighted by atomic mass is 9.79. The molecule has 6 heteroatoms. The van der Waals surface area contributed by atoms with Gasteiger partial charge in [0.15, 0.2) is 0 Å². The molecule has 0 aromatic carbocycles. The van der Waals surface area contributed by atoms with Crippen LogP contribution in [0.5, 0.6) is 0 Å². The molecule has 0 bridgehead atoms. The normalized spacial score (nSPS) is 20.7. The second kappa shape index (κ2) is 4.59. The van der Waals surface area contributed by atoms with Gasteiger partial charge in [0.1, 0.15) is 5.84 Å². The Hall–Kier alpha value is -1.46. The highest BCUT2D eigenvalue weighted by atomic mass is 16.4. The average molecular weight is 228 g/mol. The van der Waals surface area contributed by atoms with Gasteiger partial charge in [-0.2, -0.15) is 0 Å². The number of piperidine rings is 1. The fraction of sp³-hybridized carbons (Fsp3) is 0.800. The lowest BCUT2D eigenvalue weighted by Gasteiger charge is -2.39. The van der Waals surface area contributed by atoms with Crippen LogP contribution in [0.1, 0.15) is 19.8 Å². The molecule has 0 aliphatic carbocycles. The zero-order chi connectivity index (χ0) is 12.3. The number of likely N-dealkylation sites (tertiary alicyclic amines) is 1. The van der Waals surface area contributed by atoms with E-state index in [0.29, 0.717) is 13.1 Å². The van der Waals surface area contributed by atoms with Crippen molar-refractivity contribution in [3.05, 3.63) is 0 Å². The molecule has 1 saturated heterocycles. The summed E-state index contributed by atoms with van der Waals surface area (Å²) in [5.74, 6) is 0.254. The maximum absolute atomic E-state index is 11.7. The molecule has 92 valence electrons. The quantitative estimate of drug-likeness (QED) is 0.297. The molecular weight excluding hydrogens is 208 g/mol. The molecule has 0 aromatic heterocycles. The average Bonchev–Trinajstić information content (AvgIpc) is 2.28. The topological polar surface area (TPSA) is 82.2 Å². The number of nitrogens with two attached hydrogens (primary N) is 1. The first kappa shape index (κ1) is 12.6. The van der Waals surface area contributed by atoms with Crippen LogP contribution in [0.2, 0.25) is 0 Å². The first-order valence-electron chi connectivity index (χ1n) is 5.35. The Morgan fingerprint density at radius 3 is 2.31 bits per heavy atom. The van der Waals surface area contributed by atoms with Crippen molar-refractivity contribution in [2.24, 2.45) is 16.3 Å². The summed E-state index contributed by atoms with van der Waals surface area (Å²) in [4.78, 5) is 15.0. The maximum Gasteiger partial charge on any atom is 0.319 e. The van der Waals surface area contributed by atoms with Gasteiger partial charge in [-0.25, -0.2) is 4.79 Å². The number of oxime groups is 1. The van der Waals surface area contributed by atoms with Gasteiger partial charge in [-0.3, -0.25) is 0 Å². The summed E-state index contributed by atoms with van der Waals surface area (Å²) in [5.41, 5.74) is 5.36. The van der Waals surface area contributed by atoms with Gasteiger partial charge in [0.2, 0.25) is 0 Å². The van der Waals surface area contributed by atoms with Gasteiger partial charge in [-0.15, -0.1) is 0 Å². The molecule has 1 aliphatic heterocycles. The molecule has 1 aliphatic rings. The van der Waals surface area contributed by atoms with E-state index in [2.05, 4.69) is 5.16 Å². The van der Waals surface area contributed by atoms with Gasteiger partial charge in [0.05, 0.1) is 0 Å². The zero-order valence-corrected chi connectivity index (χ0v) is 10.1. The Labute approximate surface area is 95.7 Å². The first-order chi connectivity index (χ1) is 7.40. The van der Waals surface area contributed by atoms with E-state index >= 15 is 0 Å². The molecule has 2 amide bonds. The predicted molar refractivity (Wildman–Crippen MR) is 61.4 cm³/mol. The van der Waals surface area contributed by atoms with Crippen LogP contribution in [0, 0.1) is 5.41 Å². The number of amides is 2. The predicted octanol–water partition coefficient (Wildman–Crippen LogP) is 0.516. The van der Waals surface area contributed by atoms with Gasteiger partial charge < -0.3 is 20.7 Å². The summed E-state index contributed by atoms with van der Waals surface area (Å²) >= 11 is 0. The Morgan fingerprint density at radius 2 is 1.94 bits per heavy atom. The summed E-state index contributed by atoms with van der Waals surface area (Å²) in [6.45, 7) is 3.24. The summed E-state index contributed by atoms with van der Waals surface area (Å²) in [7, 11) is 3.47. The minimum absolute atomic E-state index is 0.0153. The van der Waals surface area contributed by atoms with E-state index in [1.807, 2.05) is 6.92 Å². The minimum atomic E-state index is -0.294. The van der Waals surface area contributed by atoms with Crippen molar-refractivity contribution in [3.8, 4) is 0 Å². The molecule has 0 radical (unpaired) electrons. The van der Waals surface area contributed by atoms with E-state index in [0.717, 1.165) is 12.8 Å². The number of rotatable bonds is 1. The van der Waals surface area contributed by atoms with Crippen LogP contribution < -0.4 is 5.73 Å². The van der Waals surface area contributed by atoms with E-state index < -0.39 is 0 Å². The lowest BCUT2D eigenvalue weighted by molar-refractivity contribution is 0.137. The molecule has 0 spiro atoms. The van der Waals surface area contributed by atoms with Crippen molar-refractivity contribution in [2.75, 3.05) is 27.2 Å². The third-order valence-corrected chi connectivity index (χ3v) is 3.25. The van der Waals surface area contributed by atoms with Gasteiger partial charge in [-0.1, -0.05) is 12.1 Å². The van der Waals surface area contributed by atoms with Crippen molar-refractivity contribution < 1.29 is 10.0 Å². The molecule has 1 fully saturated rings. The van der Waals surface area contributed by atoms with E-state index in [-0.39, 0.29) is 17.3 Å². The number of urea groups is 1. The monoisotopic (exact) mass is 228 g/mol. The smallest absolute Gasteiger partial charge is 0.319 e. The van der Waals surface area contributed by atoms with Crippen LogP contribution in [0.4, 0.5) is 4.79 Å². The summed E-state index contributed by atoms with van der Waals surface area (Å²) < 4.78 is 0. The van der Waals surface area contributed by atoms with E-state index in [1.165, 1.54) is 0 Å². The van der Waals surface area contributed by atoms with Crippen molar-refractivity contribution >= 4 is 11.9 Å². The number of amidine groups is 1. The number of hydrogen-bond acceptors (Lipinski definition) is 3. The Morgan fingerprint density at radius 1 is 1.44 bits per heavy atom. The highest BCUT2D eigenvalue weighted by molar-refractivity contribution is 5.86. The lowest BCUT2D eigenvalue weighted by Crippen LogP contribution is -2.49. The van der Waals surface area contributed by atoms with Crippen LogP contribution in [-0.4, -0.2) is 54.1 Å². The van der Waals surface area contributed by atoms with E-state index in [4.69, 9.17) is 10.9 Å².